The van der Waals surface area contributed by atoms with Crippen molar-refractivity contribution >= 4 is 33.4 Å². The highest BCUT2D eigenvalue weighted by atomic mass is 31.3. The summed E-state index contributed by atoms with van der Waals surface area (Å²) < 4.78 is 56.8. The second kappa shape index (κ2) is 36.6. The fourth-order valence-electron chi connectivity index (χ4n) is 8.21. The van der Waals surface area contributed by atoms with E-state index in [-0.39, 0.29) is 18.7 Å². The van der Waals surface area contributed by atoms with Crippen molar-refractivity contribution in [3.05, 3.63) is 22.7 Å². The van der Waals surface area contributed by atoms with E-state index in [2.05, 4.69) is 37.0 Å². The molecule has 1 aliphatic rings. The van der Waals surface area contributed by atoms with Gasteiger partial charge in [0.2, 0.25) is 0 Å². The molecule has 402 valence electrons. The standard InChI is InChI=1S/C49H91N3O15P2/c1-39(2)30-26-22-18-15-13-11-9-7-5-6-8-10-12-14-16-20-24-28-32-44(53)62-36-41(65-45(54)33-29-25-21-17-19-23-27-31-40(3)4)37-63-68(58,59)67-69(60,61)64-38-42-46(55)47(56)48(66-42)52-35-34-43(50)51-49(52)57/h34-35,39-42,46-48,55-56H,5-33,36-38H2,1-4H3,(H,58,59)(H,60,61)(H2,50,51,57)/t41-,42-,46+,47?,48-/m1/s1. The van der Waals surface area contributed by atoms with Gasteiger partial charge in [0.15, 0.2) is 12.3 Å². The summed E-state index contributed by atoms with van der Waals surface area (Å²) in [5.41, 5.74) is 4.59. The van der Waals surface area contributed by atoms with Crippen LogP contribution in [0, 0.1) is 11.8 Å². The summed E-state index contributed by atoms with van der Waals surface area (Å²) in [6.07, 6.45) is 25.1. The van der Waals surface area contributed by atoms with Crippen LogP contribution in [0.5, 0.6) is 0 Å². The third kappa shape index (κ3) is 31.1. The van der Waals surface area contributed by atoms with Crippen molar-refractivity contribution in [2.24, 2.45) is 11.8 Å². The molecule has 0 radical (unpaired) electrons. The van der Waals surface area contributed by atoms with Gasteiger partial charge in [0.05, 0.1) is 13.2 Å². The Morgan fingerprint density at radius 2 is 1.07 bits per heavy atom. The highest BCUT2D eigenvalue weighted by molar-refractivity contribution is 7.61. The SMILES string of the molecule is CC(C)CCCCCCCCCCCCCCCCCCCCC(=O)OC[C@H](COP(=O)(O)OP(=O)(O)OC[C@H]1O[C@@H](n2ccc(N)nc2=O)C(O)[C@H]1O)OC(=O)CCCCCCCCCC(C)C. The molecule has 1 aromatic heterocycles. The van der Waals surface area contributed by atoms with Crippen LogP contribution in [-0.4, -0.2) is 85.7 Å². The van der Waals surface area contributed by atoms with Gasteiger partial charge < -0.3 is 39.9 Å². The van der Waals surface area contributed by atoms with Crippen LogP contribution < -0.4 is 11.4 Å². The largest absolute Gasteiger partial charge is 0.481 e. The molecular formula is C49H91N3O15P2. The number of phosphoric acid groups is 2. The number of phosphoric ester groups is 2. The van der Waals surface area contributed by atoms with E-state index in [9.17, 15) is 43.5 Å². The number of carbonyl (C=O) groups excluding carboxylic acids is 2. The molecule has 1 aromatic rings. The molecule has 18 nitrogen and oxygen atoms in total. The van der Waals surface area contributed by atoms with Crippen LogP contribution in [-0.2, 0) is 46.3 Å². The highest BCUT2D eigenvalue weighted by Crippen LogP contribution is 2.60. The molecule has 0 spiro atoms. The maximum absolute atomic E-state index is 12.8. The normalized spacial score (nSPS) is 19.4. The van der Waals surface area contributed by atoms with Gasteiger partial charge in [-0.3, -0.25) is 23.2 Å². The topological polar surface area (TPSA) is 265 Å². The number of anilines is 1. The summed E-state index contributed by atoms with van der Waals surface area (Å²) in [4.78, 5) is 61.8. The maximum Gasteiger partial charge on any atom is 0.481 e. The molecule has 0 aliphatic carbocycles. The fourth-order valence-corrected chi connectivity index (χ4v) is 10.3. The number of carbonyl (C=O) groups is 2. The number of hydrogen-bond acceptors (Lipinski definition) is 15. The lowest BCUT2D eigenvalue weighted by atomic mass is 10.0. The highest BCUT2D eigenvalue weighted by Gasteiger charge is 2.46. The average Bonchev–Trinajstić information content (AvgIpc) is 3.56. The summed E-state index contributed by atoms with van der Waals surface area (Å²) in [5.74, 6) is 0.230. The Morgan fingerprint density at radius 3 is 1.52 bits per heavy atom. The Bertz CT molecular complexity index is 1680. The lowest BCUT2D eigenvalue weighted by molar-refractivity contribution is -0.161. The van der Waals surface area contributed by atoms with E-state index < -0.39 is 83.7 Å². The molecule has 7 atom stereocenters. The first kappa shape index (κ1) is 62.9. The van der Waals surface area contributed by atoms with Crippen LogP contribution in [0.3, 0.4) is 0 Å². The lowest BCUT2D eigenvalue weighted by Gasteiger charge is -2.21. The molecule has 20 heteroatoms. The van der Waals surface area contributed by atoms with Gasteiger partial charge in [-0.15, -0.1) is 0 Å². The Kier molecular flexibility index (Phi) is 33.4. The molecule has 1 fully saturated rings. The van der Waals surface area contributed by atoms with Crippen molar-refractivity contribution in [3.8, 4) is 0 Å². The monoisotopic (exact) mass is 1020 g/mol. The molecule has 3 unspecified atom stereocenters. The predicted molar refractivity (Wildman–Crippen MR) is 266 cm³/mol. The summed E-state index contributed by atoms with van der Waals surface area (Å²) in [6, 6.07) is 1.25. The quantitative estimate of drug-likeness (QED) is 0.0231. The maximum atomic E-state index is 12.8. The molecule has 2 rings (SSSR count). The van der Waals surface area contributed by atoms with Crippen LogP contribution >= 0.6 is 15.6 Å². The van der Waals surface area contributed by atoms with Crippen LogP contribution in [0.15, 0.2) is 17.1 Å². The number of nitrogen functional groups attached to an aromatic ring is 1. The van der Waals surface area contributed by atoms with Gasteiger partial charge in [-0.1, -0.05) is 188 Å². The molecule has 2 heterocycles. The second-order valence-electron chi connectivity index (χ2n) is 19.7. The molecule has 0 aromatic carbocycles. The third-order valence-electron chi connectivity index (χ3n) is 12.3. The van der Waals surface area contributed by atoms with Gasteiger partial charge in [0.25, 0.3) is 0 Å². The van der Waals surface area contributed by atoms with Crippen LogP contribution in [0.25, 0.3) is 0 Å². The number of aliphatic hydroxyl groups is 2. The number of rotatable bonds is 43. The van der Waals surface area contributed by atoms with E-state index in [0.29, 0.717) is 18.8 Å². The summed E-state index contributed by atoms with van der Waals surface area (Å²) >= 11 is 0. The first-order valence-corrected chi connectivity index (χ1v) is 29.3. The average molecular weight is 1020 g/mol. The number of hydrogen-bond donors (Lipinski definition) is 5. The Labute approximate surface area is 412 Å². The number of unbranched alkanes of at least 4 members (excludes halogenated alkanes) is 23. The Balaban J connectivity index is 1.72. The first-order chi connectivity index (χ1) is 32.9. The number of aliphatic hydroxyl groups excluding tert-OH is 2. The number of nitrogens with two attached hydrogens (primary N) is 1. The van der Waals surface area contributed by atoms with Crippen LogP contribution in [0.4, 0.5) is 5.82 Å². The number of esters is 2. The molecule has 1 aliphatic heterocycles. The third-order valence-corrected chi connectivity index (χ3v) is 14.9. The van der Waals surface area contributed by atoms with E-state index in [4.69, 9.17) is 29.0 Å². The van der Waals surface area contributed by atoms with Crippen molar-refractivity contribution in [2.75, 3.05) is 25.6 Å². The van der Waals surface area contributed by atoms with Gasteiger partial charge in [0.1, 0.15) is 30.7 Å². The zero-order valence-corrected chi connectivity index (χ0v) is 44.3. The zero-order valence-electron chi connectivity index (χ0n) is 42.5. The number of aromatic nitrogens is 2. The fraction of sp³-hybridized carbons (Fsp3) is 0.878. The number of ether oxygens (including phenoxy) is 3. The first-order valence-electron chi connectivity index (χ1n) is 26.3. The minimum atomic E-state index is -5.42. The molecule has 69 heavy (non-hydrogen) atoms. The van der Waals surface area contributed by atoms with E-state index in [1.165, 1.54) is 128 Å². The molecule has 0 saturated carbocycles. The molecule has 1 saturated heterocycles. The predicted octanol–water partition coefficient (Wildman–Crippen LogP) is 10.8. The van der Waals surface area contributed by atoms with Crippen LogP contribution in [0.2, 0.25) is 0 Å². The second-order valence-corrected chi connectivity index (χ2v) is 22.7. The van der Waals surface area contributed by atoms with Crippen molar-refractivity contribution in [3.63, 3.8) is 0 Å². The van der Waals surface area contributed by atoms with Crippen molar-refractivity contribution in [2.45, 2.75) is 245 Å². The smallest absolute Gasteiger partial charge is 0.462 e. The molecule has 6 N–H and O–H groups in total. The van der Waals surface area contributed by atoms with Crippen molar-refractivity contribution in [1.82, 2.24) is 9.55 Å². The number of nitrogens with zero attached hydrogens (tertiary/aromatic N) is 2. The van der Waals surface area contributed by atoms with Crippen molar-refractivity contribution < 1.29 is 66.3 Å². The summed E-state index contributed by atoms with van der Waals surface area (Å²) in [6.45, 7) is 6.74. The summed E-state index contributed by atoms with van der Waals surface area (Å²) in [7, 11) is -10.8. The van der Waals surface area contributed by atoms with E-state index >= 15 is 0 Å². The zero-order chi connectivity index (χ0) is 50.9. The minimum Gasteiger partial charge on any atom is -0.462 e. The van der Waals surface area contributed by atoms with E-state index in [1.54, 1.807) is 0 Å². The van der Waals surface area contributed by atoms with Gasteiger partial charge in [0, 0.05) is 19.0 Å². The van der Waals surface area contributed by atoms with Gasteiger partial charge in [-0.25, -0.2) is 13.9 Å². The molecular weight excluding hydrogens is 932 g/mol. The lowest BCUT2D eigenvalue weighted by Crippen LogP contribution is -2.36. The Morgan fingerprint density at radius 1 is 0.652 bits per heavy atom. The Hall–Kier alpha value is -2.24. The van der Waals surface area contributed by atoms with Gasteiger partial charge >= 0.3 is 33.3 Å². The van der Waals surface area contributed by atoms with Crippen molar-refractivity contribution in [1.29, 1.82) is 0 Å². The van der Waals surface area contributed by atoms with E-state index in [1.807, 2.05) is 0 Å². The van der Waals surface area contributed by atoms with E-state index in [0.717, 1.165) is 55.4 Å². The molecule has 0 bridgehead atoms. The van der Waals surface area contributed by atoms with Crippen LogP contribution in [0.1, 0.15) is 220 Å². The van der Waals surface area contributed by atoms with Gasteiger partial charge in [-0.05, 0) is 30.7 Å². The van der Waals surface area contributed by atoms with Gasteiger partial charge in [-0.2, -0.15) is 9.29 Å². The summed E-state index contributed by atoms with van der Waals surface area (Å²) in [5, 5.41) is 20.9. The molecule has 0 amide bonds. The minimum absolute atomic E-state index is 0.0535.